The third kappa shape index (κ3) is 8.58. The molecule has 0 unspecified atom stereocenters. The van der Waals surface area contributed by atoms with Gasteiger partial charge in [0, 0.05) is 28.2 Å². The molecule has 0 aliphatic rings. The molecule has 140 valence electrons. The van der Waals surface area contributed by atoms with Gasteiger partial charge in [-0.15, -0.1) is 14.4 Å². The summed E-state index contributed by atoms with van der Waals surface area (Å²) in [6.07, 6.45) is 0. The average Bonchev–Trinajstić information content (AvgIpc) is 2.74. The summed E-state index contributed by atoms with van der Waals surface area (Å²) < 4.78 is 69.2. The van der Waals surface area contributed by atoms with E-state index in [9.17, 15) is 25.2 Å². The van der Waals surface area contributed by atoms with Crippen LogP contribution < -0.4 is 4.62 Å². The number of rotatable bonds is 4. The van der Waals surface area contributed by atoms with Crippen molar-refractivity contribution in [3.05, 3.63) is 24.3 Å². The van der Waals surface area contributed by atoms with Crippen LogP contribution in [0.2, 0.25) is 0 Å². The molecule has 0 N–H and O–H groups in total. The van der Waals surface area contributed by atoms with E-state index in [4.69, 9.17) is 4.62 Å². The summed E-state index contributed by atoms with van der Waals surface area (Å²) in [5.74, 6) is 0. The van der Waals surface area contributed by atoms with Gasteiger partial charge >= 0.3 is 41.4 Å². The number of halogens is 6. The summed E-state index contributed by atoms with van der Waals surface area (Å²) in [5, 5.41) is 8.07. The van der Waals surface area contributed by atoms with Gasteiger partial charge in [0.1, 0.15) is 11.0 Å². The Morgan fingerprint density at radius 2 is 1.42 bits per heavy atom. The first-order valence-electron chi connectivity index (χ1n) is 6.31. The number of benzene rings is 1. The third-order valence-corrected chi connectivity index (χ3v) is 4.12. The average molecular weight is 399 g/mol. The molecule has 0 bridgehead atoms. The summed E-state index contributed by atoms with van der Waals surface area (Å²) in [7, 11) is -3.95. The third-order valence-electron chi connectivity index (χ3n) is 2.25. The van der Waals surface area contributed by atoms with Crippen LogP contribution in [0.3, 0.4) is 0 Å². The van der Waals surface area contributed by atoms with Crippen LogP contribution in [-0.4, -0.2) is 52.7 Å². The number of fused-ring (bicyclic) bond motifs is 1. The Morgan fingerprint density at radius 3 is 1.88 bits per heavy atom. The molecule has 0 amide bonds. The van der Waals surface area contributed by atoms with E-state index >= 15 is 0 Å². The SMILES string of the molecule is CN(C)[PH+](On1nnc2ccccc21)N(C)C.F[P-](F)(F)(F)(F)F. The van der Waals surface area contributed by atoms with Gasteiger partial charge in [-0.25, -0.2) is 4.62 Å². The molecular weight excluding hydrogens is 382 g/mol. The summed E-state index contributed by atoms with van der Waals surface area (Å²) in [4.78, 5) is 1.50. The molecule has 0 fully saturated rings. The van der Waals surface area contributed by atoms with Crippen molar-refractivity contribution in [2.45, 2.75) is 0 Å². The van der Waals surface area contributed by atoms with Crippen LogP contribution >= 0.6 is 16.3 Å². The van der Waals surface area contributed by atoms with E-state index in [2.05, 4.69) is 19.7 Å². The summed E-state index contributed by atoms with van der Waals surface area (Å²) in [6.45, 7) is 0. The van der Waals surface area contributed by atoms with Crippen molar-refractivity contribution in [1.82, 2.24) is 24.5 Å². The number of para-hydroxylation sites is 1. The molecule has 0 spiro atoms. The molecule has 0 atom stereocenters. The van der Waals surface area contributed by atoms with Crippen molar-refractivity contribution in [3.63, 3.8) is 0 Å². The van der Waals surface area contributed by atoms with E-state index in [-0.39, 0.29) is 0 Å². The molecule has 0 aliphatic heterocycles. The van der Waals surface area contributed by atoms with Gasteiger partial charge in [0.05, 0.1) is 0 Å². The fraction of sp³-hybridized carbons (Fsp3) is 0.400. The molecular formula is C10H17F6N5OP2. The maximum atomic E-state index is 9.87. The van der Waals surface area contributed by atoms with Crippen molar-refractivity contribution >= 4 is 27.3 Å². The van der Waals surface area contributed by atoms with Crippen LogP contribution in [0.1, 0.15) is 0 Å². The van der Waals surface area contributed by atoms with Gasteiger partial charge in [-0.1, -0.05) is 12.1 Å². The monoisotopic (exact) mass is 399 g/mol. The van der Waals surface area contributed by atoms with Gasteiger partial charge in [0.2, 0.25) is 0 Å². The zero-order valence-corrected chi connectivity index (χ0v) is 15.1. The fourth-order valence-corrected chi connectivity index (χ4v) is 2.97. The van der Waals surface area contributed by atoms with Gasteiger partial charge in [-0.2, -0.15) is 0 Å². The maximum absolute atomic E-state index is 10.7. The minimum atomic E-state index is -10.7. The van der Waals surface area contributed by atoms with Gasteiger partial charge in [-0.3, -0.25) is 0 Å². The molecule has 1 aromatic heterocycles. The predicted octanol–water partition coefficient (Wildman–Crippen LogP) is 4.32. The predicted molar refractivity (Wildman–Crippen MR) is 83.4 cm³/mol. The van der Waals surface area contributed by atoms with E-state index in [0.29, 0.717) is 0 Å². The molecule has 2 aromatic rings. The molecule has 2 rings (SSSR count). The van der Waals surface area contributed by atoms with Crippen molar-refractivity contribution in [2.24, 2.45) is 0 Å². The molecule has 14 heteroatoms. The van der Waals surface area contributed by atoms with Gasteiger partial charge in [-0.05, 0) is 22.2 Å². The van der Waals surface area contributed by atoms with E-state index in [1.807, 2.05) is 52.5 Å². The number of aromatic nitrogens is 3. The van der Waals surface area contributed by atoms with E-state index in [0.717, 1.165) is 11.0 Å². The van der Waals surface area contributed by atoms with Crippen LogP contribution in [0.5, 0.6) is 0 Å². The van der Waals surface area contributed by atoms with Crippen molar-refractivity contribution < 1.29 is 29.8 Å². The zero-order valence-electron chi connectivity index (χ0n) is 13.2. The zero-order chi connectivity index (χ0) is 18.8. The molecule has 0 saturated heterocycles. The van der Waals surface area contributed by atoms with Crippen LogP contribution in [0.25, 0.3) is 11.0 Å². The minimum absolute atomic E-state index is 0.839. The van der Waals surface area contributed by atoms with Gasteiger partial charge < -0.3 is 0 Å². The van der Waals surface area contributed by atoms with E-state index < -0.39 is 16.3 Å². The van der Waals surface area contributed by atoms with Crippen LogP contribution in [-0.2, 0) is 0 Å². The summed E-state index contributed by atoms with van der Waals surface area (Å²) in [6, 6.07) is 7.74. The molecule has 0 radical (unpaired) electrons. The molecule has 6 nitrogen and oxygen atoms in total. The quantitative estimate of drug-likeness (QED) is 0.566. The first-order chi connectivity index (χ1) is 10.5. The second kappa shape index (κ2) is 6.25. The first kappa shape index (κ1) is 20.8. The topological polar surface area (TPSA) is 46.4 Å². The van der Waals surface area contributed by atoms with E-state index in [1.165, 1.54) is 4.85 Å². The first-order valence-corrected chi connectivity index (χ1v) is 9.64. The van der Waals surface area contributed by atoms with E-state index in [1.54, 1.807) is 0 Å². The van der Waals surface area contributed by atoms with Crippen molar-refractivity contribution in [1.29, 1.82) is 0 Å². The molecule has 24 heavy (non-hydrogen) atoms. The van der Waals surface area contributed by atoms with Crippen LogP contribution in [0, 0.1) is 0 Å². The molecule has 1 aromatic carbocycles. The Bertz CT molecular complexity index is 670. The van der Waals surface area contributed by atoms with Crippen molar-refractivity contribution in [3.8, 4) is 0 Å². The Labute approximate surface area is 135 Å². The number of nitrogens with zero attached hydrogens (tertiary/aromatic N) is 5. The standard InChI is InChI=1S/C10H16N5OP.F6P/c1-13(2)17(14(3)4)16-15-10-8-6-5-7-9(10)11-12-15;1-7(2,3,4,5)6/h5-8H,1-4H3;/q;-1/p+1. The molecule has 1 heterocycles. The summed E-state index contributed by atoms with van der Waals surface area (Å²) in [5.41, 5.74) is 1.73. The Kier molecular flexibility index (Phi) is 5.43. The normalized spacial score (nSPS) is 15.2. The second-order valence-corrected chi connectivity index (χ2v) is 9.53. The molecule has 0 saturated carbocycles. The van der Waals surface area contributed by atoms with Crippen molar-refractivity contribution in [2.75, 3.05) is 28.2 Å². The number of hydrogen-bond acceptors (Lipinski definition) is 5. The Balaban J connectivity index is 0.000000351. The van der Waals surface area contributed by atoms with Gasteiger partial charge in [0.25, 0.3) is 0 Å². The van der Waals surface area contributed by atoms with Crippen LogP contribution in [0.4, 0.5) is 25.2 Å². The fourth-order valence-electron chi connectivity index (χ4n) is 1.56. The summed E-state index contributed by atoms with van der Waals surface area (Å²) >= 11 is 0. The second-order valence-electron chi connectivity index (χ2n) is 5.07. The van der Waals surface area contributed by atoms with Crippen LogP contribution in [0.15, 0.2) is 24.3 Å². The molecule has 0 aliphatic carbocycles. The number of hydrogen-bond donors (Lipinski definition) is 0. The Morgan fingerprint density at radius 1 is 0.958 bits per heavy atom. The van der Waals surface area contributed by atoms with Gasteiger partial charge in [0.15, 0.2) is 0 Å². The Hall–Kier alpha value is -1.22.